The number of carbonyl (C=O) groups excluding carboxylic acids is 1. The quantitative estimate of drug-likeness (QED) is 0.634. The molecular formula is C14H17N5O. The van der Waals surface area contributed by atoms with E-state index in [0.717, 1.165) is 5.69 Å². The van der Waals surface area contributed by atoms with Gasteiger partial charge in [0.1, 0.15) is 5.82 Å². The summed E-state index contributed by atoms with van der Waals surface area (Å²) in [4.78, 5) is 22.4. The van der Waals surface area contributed by atoms with Crippen molar-refractivity contribution < 1.29 is 4.79 Å². The van der Waals surface area contributed by atoms with Crippen LogP contribution in [0.1, 0.15) is 23.0 Å². The molecule has 0 aliphatic carbocycles. The molecule has 0 atom stereocenters. The van der Waals surface area contributed by atoms with E-state index in [2.05, 4.69) is 15.4 Å². The Kier molecular flexibility index (Phi) is 4.62. The van der Waals surface area contributed by atoms with Crippen LogP contribution in [-0.2, 0) is 6.54 Å². The minimum atomic E-state index is -0.0722. The molecule has 0 radical (unpaired) electrons. The van der Waals surface area contributed by atoms with Crippen LogP contribution >= 0.6 is 0 Å². The Morgan fingerprint density at radius 2 is 2.15 bits per heavy atom. The molecule has 0 saturated carbocycles. The standard InChI is InChI=1S/C14H17N5O/c1-2-19(10-12-5-3-4-7-16-12)14(20)11-6-8-17-13(9-11)18-15/h3-9H,2,10,15H2,1H3,(H,17,18). The molecule has 2 aromatic rings. The summed E-state index contributed by atoms with van der Waals surface area (Å²) in [7, 11) is 0. The topological polar surface area (TPSA) is 84.1 Å². The molecule has 1 amide bonds. The van der Waals surface area contributed by atoms with Gasteiger partial charge in [0, 0.05) is 24.5 Å². The van der Waals surface area contributed by atoms with Crippen molar-refractivity contribution in [1.29, 1.82) is 0 Å². The smallest absolute Gasteiger partial charge is 0.254 e. The summed E-state index contributed by atoms with van der Waals surface area (Å²) < 4.78 is 0. The Morgan fingerprint density at radius 1 is 1.30 bits per heavy atom. The fourth-order valence-corrected chi connectivity index (χ4v) is 1.84. The van der Waals surface area contributed by atoms with Gasteiger partial charge in [-0.1, -0.05) is 6.07 Å². The number of aromatic nitrogens is 2. The van der Waals surface area contributed by atoms with E-state index in [1.165, 1.54) is 0 Å². The van der Waals surface area contributed by atoms with Crippen molar-refractivity contribution in [3.05, 3.63) is 54.0 Å². The summed E-state index contributed by atoms with van der Waals surface area (Å²) in [6, 6.07) is 8.95. The Bertz CT molecular complexity index is 573. The van der Waals surface area contributed by atoms with Gasteiger partial charge in [-0.25, -0.2) is 10.8 Å². The molecule has 6 heteroatoms. The Hall–Kier alpha value is -2.47. The summed E-state index contributed by atoms with van der Waals surface area (Å²) >= 11 is 0. The molecule has 0 unspecified atom stereocenters. The lowest BCUT2D eigenvalue weighted by Crippen LogP contribution is -2.30. The number of nitrogens with two attached hydrogens (primary N) is 1. The maximum Gasteiger partial charge on any atom is 0.254 e. The number of anilines is 1. The molecule has 0 spiro atoms. The maximum atomic E-state index is 12.5. The van der Waals surface area contributed by atoms with Gasteiger partial charge in [0.15, 0.2) is 0 Å². The number of hydrogen-bond acceptors (Lipinski definition) is 5. The average Bonchev–Trinajstić information content (AvgIpc) is 2.53. The molecule has 2 rings (SSSR count). The monoisotopic (exact) mass is 271 g/mol. The minimum absolute atomic E-state index is 0.0722. The van der Waals surface area contributed by atoms with Gasteiger partial charge in [0.25, 0.3) is 5.91 Å². The van der Waals surface area contributed by atoms with Crippen molar-refractivity contribution in [2.75, 3.05) is 12.0 Å². The number of nitrogens with one attached hydrogen (secondary N) is 1. The molecule has 0 saturated heterocycles. The van der Waals surface area contributed by atoms with Crippen molar-refractivity contribution >= 4 is 11.7 Å². The zero-order chi connectivity index (χ0) is 14.4. The van der Waals surface area contributed by atoms with Crippen LogP contribution in [0, 0.1) is 0 Å². The lowest BCUT2D eigenvalue weighted by molar-refractivity contribution is 0.0750. The molecule has 0 fully saturated rings. The van der Waals surface area contributed by atoms with Gasteiger partial charge in [-0.3, -0.25) is 9.78 Å². The van der Waals surface area contributed by atoms with Crippen LogP contribution in [0.2, 0.25) is 0 Å². The molecule has 0 aliphatic rings. The molecule has 3 N–H and O–H groups in total. The van der Waals surface area contributed by atoms with Crippen molar-refractivity contribution in [1.82, 2.24) is 14.9 Å². The van der Waals surface area contributed by atoms with Crippen molar-refractivity contribution in [3.63, 3.8) is 0 Å². The minimum Gasteiger partial charge on any atom is -0.333 e. The fraction of sp³-hybridized carbons (Fsp3) is 0.214. The number of hydrazine groups is 1. The predicted octanol–water partition coefficient (Wildman–Crippen LogP) is 1.42. The second kappa shape index (κ2) is 6.63. The van der Waals surface area contributed by atoms with E-state index < -0.39 is 0 Å². The third-order valence-corrected chi connectivity index (χ3v) is 2.90. The van der Waals surface area contributed by atoms with Crippen LogP contribution in [0.25, 0.3) is 0 Å². The van der Waals surface area contributed by atoms with Gasteiger partial charge < -0.3 is 10.3 Å². The SMILES string of the molecule is CCN(Cc1ccccn1)C(=O)c1ccnc(NN)c1. The maximum absolute atomic E-state index is 12.5. The number of rotatable bonds is 5. The van der Waals surface area contributed by atoms with Gasteiger partial charge in [0.2, 0.25) is 0 Å². The number of amides is 1. The van der Waals surface area contributed by atoms with Crippen molar-refractivity contribution in [3.8, 4) is 0 Å². The first-order valence-electron chi connectivity index (χ1n) is 6.36. The molecule has 0 bridgehead atoms. The summed E-state index contributed by atoms with van der Waals surface area (Å²) in [5.74, 6) is 5.69. The second-order valence-electron chi connectivity index (χ2n) is 4.21. The first kappa shape index (κ1) is 14.0. The molecule has 2 aromatic heterocycles. The van der Waals surface area contributed by atoms with E-state index in [1.807, 2.05) is 25.1 Å². The number of pyridine rings is 2. The van der Waals surface area contributed by atoms with Crippen LogP contribution in [0.15, 0.2) is 42.7 Å². The number of carbonyl (C=O) groups is 1. The van der Waals surface area contributed by atoms with Gasteiger partial charge in [-0.15, -0.1) is 0 Å². The highest BCUT2D eigenvalue weighted by atomic mass is 16.2. The van der Waals surface area contributed by atoms with Gasteiger partial charge in [-0.2, -0.15) is 0 Å². The van der Waals surface area contributed by atoms with Crippen molar-refractivity contribution in [2.45, 2.75) is 13.5 Å². The van der Waals surface area contributed by atoms with E-state index in [1.54, 1.807) is 29.4 Å². The molecule has 6 nitrogen and oxygen atoms in total. The zero-order valence-electron chi connectivity index (χ0n) is 11.3. The summed E-state index contributed by atoms with van der Waals surface area (Å²) in [6.45, 7) is 3.01. The fourth-order valence-electron chi connectivity index (χ4n) is 1.84. The molecule has 20 heavy (non-hydrogen) atoms. The first-order chi connectivity index (χ1) is 9.74. The Morgan fingerprint density at radius 3 is 2.80 bits per heavy atom. The molecular weight excluding hydrogens is 254 g/mol. The van der Waals surface area contributed by atoms with E-state index in [-0.39, 0.29) is 5.91 Å². The highest BCUT2D eigenvalue weighted by Crippen LogP contribution is 2.11. The number of hydrogen-bond donors (Lipinski definition) is 2. The van der Waals surface area contributed by atoms with E-state index in [0.29, 0.717) is 24.5 Å². The van der Waals surface area contributed by atoms with Gasteiger partial charge >= 0.3 is 0 Å². The van der Waals surface area contributed by atoms with Gasteiger partial charge in [0.05, 0.1) is 12.2 Å². The Balaban J connectivity index is 2.16. The van der Waals surface area contributed by atoms with Crippen LogP contribution in [0.5, 0.6) is 0 Å². The Labute approximate surface area is 117 Å². The third-order valence-electron chi connectivity index (χ3n) is 2.90. The highest BCUT2D eigenvalue weighted by Gasteiger charge is 2.15. The summed E-state index contributed by atoms with van der Waals surface area (Å²) in [6.07, 6.45) is 3.27. The predicted molar refractivity (Wildman–Crippen MR) is 76.7 cm³/mol. The van der Waals surface area contributed by atoms with E-state index in [4.69, 9.17) is 5.84 Å². The lowest BCUT2D eigenvalue weighted by atomic mass is 10.2. The first-order valence-corrected chi connectivity index (χ1v) is 6.36. The molecule has 0 aliphatic heterocycles. The summed E-state index contributed by atoms with van der Waals surface area (Å²) in [5, 5.41) is 0. The largest absolute Gasteiger partial charge is 0.333 e. The lowest BCUT2D eigenvalue weighted by Gasteiger charge is -2.20. The average molecular weight is 271 g/mol. The van der Waals surface area contributed by atoms with Crippen LogP contribution < -0.4 is 11.3 Å². The molecule has 2 heterocycles. The second-order valence-corrected chi connectivity index (χ2v) is 4.21. The van der Waals surface area contributed by atoms with Crippen molar-refractivity contribution in [2.24, 2.45) is 5.84 Å². The van der Waals surface area contributed by atoms with Crippen LogP contribution in [-0.4, -0.2) is 27.3 Å². The zero-order valence-corrected chi connectivity index (χ0v) is 11.3. The third kappa shape index (κ3) is 3.30. The van der Waals surface area contributed by atoms with E-state index >= 15 is 0 Å². The molecule has 104 valence electrons. The molecule has 0 aromatic carbocycles. The number of nitrogens with zero attached hydrogens (tertiary/aromatic N) is 3. The number of nitrogen functional groups attached to an aromatic ring is 1. The summed E-state index contributed by atoms with van der Waals surface area (Å²) in [5.41, 5.74) is 3.84. The van der Waals surface area contributed by atoms with Crippen LogP contribution in [0.3, 0.4) is 0 Å². The van der Waals surface area contributed by atoms with Gasteiger partial charge in [-0.05, 0) is 31.2 Å². The van der Waals surface area contributed by atoms with Crippen LogP contribution in [0.4, 0.5) is 5.82 Å². The highest BCUT2D eigenvalue weighted by molar-refractivity contribution is 5.94. The normalized spacial score (nSPS) is 10.1. The van der Waals surface area contributed by atoms with E-state index in [9.17, 15) is 4.79 Å².